The number of anilines is 2. The van der Waals surface area contributed by atoms with Gasteiger partial charge in [-0.3, -0.25) is 0 Å². The van der Waals surface area contributed by atoms with Crippen LogP contribution in [0.3, 0.4) is 0 Å². The first-order valence-corrected chi connectivity index (χ1v) is 8.76. The largest absolute Gasteiger partial charge is 0.363 e. The predicted octanol–water partition coefficient (Wildman–Crippen LogP) is 5.14. The average Bonchev–Trinajstić information content (AvgIpc) is 2.67. The van der Waals surface area contributed by atoms with Gasteiger partial charge in [0.2, 0.25) is 5.95 Å². The first-order valence-electron chi connectivity index (χ1n) is 8.76. The van der Waals surface area contributed by atoms with Crippen LogP contribution in [0.1, 0.15) is 31.9 Å². The predicted molar refractivity (Wildman–Crippen MR) is 105 cm³/mol. The molecule has 2 N–H and O–H groups in total. The molecule has 3 rings (SSSR count). The van der Waals surface area contributed by atoms with E-state index < -0.39 is 0 Å². The minimum absolute atomic E-state index is 0.166. The summed E-state index contributed by atoms with van der Waals surface area (Å²) >= 11 is 0. The van der Waals surface area contributed by atoms with Crippen molar-refractivity contribution in [2.45, 2.75) is 26.3 Å². The SMILES string of the molecule is CCCNc1nc(NC(C)c2ccccc2)cc(-c2ccccc2)n1. The van der Waals surface area contributed by atoms with Crippen LogP contribution in [0.2, 0.25) is 0 Å². The van der Waals surface area contributed by atoms with Crippen LogP contribution >= 0.6 is 0 Å². The Balaban J connectivity index is 1.89. The molecule has 0 bridgehead atoms. The Morgan fingerprint density at radius 3 is 2.28 bits per heavy atom. The summed E-state index contributed by atoms with van der Waals surface area (Å²) < 4.78 is 0. The van der Waals surface area contributed by atoms with E-state index in [9.17, 15) is 0 Å². The molecule has 0 aliphatic heterocycles. The molecule has 0 saturated heterocycles. The summed E-state index contributed by atoms with van der Waals surface area (Å²) in [5.74, 6) is 1.48. The van der Waals surface area contributed by atoms with Gasteiger partial charge in [-0.15, -0.1) is 0 Å². The molecule has 1 heterocycles. The summed E-state index contributed by atoms with van der Waals surface area (Å²) in [4.78, 5) is 9.29. The third-order valence-electron chi connectivity index (χ3n) is 3.99. The van der Waals surface area contributed by atoms with E-state index in [0.717, 1.165) is 30.0 Å². The van der Waals surface area contributed by atoms with Crippen LogP contribution in [-0.2, 0) is 0 Å². The number of hydrogen-bond acceptors (Lipinski definition) is 4. The second-order valence-corrected chi connectivity index (χ2v) is 6.03. The van der Waals surface area contributed by atoms with Crippen LogP contribution in [0.5, 0.6) is 0 Å². The highest BCUT2D eigenvalue weighted by Gasteiger charge is 2.10. The fraction of sp³-hybridized carbons (Fsp3) is 0.238. The van der Waals surface area contributed by atoms with Gasteiger partial charge in [0.1, 0.15) is 5.82 Å². The van der Waals surface area contributed by atoms with E-state index in [1.165, 1.54) is 5.56 Å². The zero-order valence-corrected chi connectivity index (χ0v) is 14.7. The lowest BCUT2D eigenvalue weighted by Gasteiger charge is -2.16. The summed E-state index contributed by atoms with van der Waals surface area (Å²) in [5.41, 5.74) is 3.22. The molecule has 0 amide bonds. The van der Waals surface area contributed by atoms with Crippen molar-refractivity contribution < 1.29 is 0 Å². The van der Waals surface area contributed by atoms with Crippen molar-refractivity contribution >= 4 is 11.8 Å². The van der Waals surface area contributed by atoms with Crippen molar-refractivity contribution in [2.24, 2.45) is 0 Å². The minimum atomic E-state index is 0.166. The van der Waals surface area contributed by atoms with E-state index in [0.29, 0.717) is 5.95 Å². The zero-order chi connectivity index (χ0) is 17.5. The number of benzene rings is 2. The molecular formula is C21H24N4. The molecule has 0 saturated carbocycles. The van der Waals surface area contributed by atoms with Crippen molar-refractivity contribution in [3.05, 3.63) is 72.3 Å². The highest BCUT2D eigenvalue weighted by Crippen LogP contribution is 2.24. The molecule has 1 unspecified atom stereocenters. The molecule has 4 nitrogen and oxygen atoms in total. The normalized spacial score (nSPS) is 11.8. The molecule has 128 valence electrons. The van der Waals surface area contributed by atoms with Gasteiger partial charge in [-0.05, 0) is 18.9 Å². The van der Waals surface area contributed by atoms with Crippen LogP contribution in [-0.4, -0.2) is 16.5 Å². The molecule has 0 fully saturated rings. The second-order valence-electron chi connectivity index (χ2n) is 6.03. The van der Waals surface area contributed by atoms with Crippen LogP contribution < -0.4 is 10.6 Å². The van der Waals surface area contributed by atoms with Crippen molar-refractivity contribution in [1.29, 1.82) is 0 Å². The van der Waals surface area contributed by atoms with Crippen LogP contribution in [0.15, 0.2) is 66.7 Å². The van der Waals surface area contributed by atoms with E-state index in [2.05, 4.69) is 70.8 Å². The molecule has 25 heavy (non-hydrogen) atoms. The molecular weight excluding hydrogens is 308 g/mol. The fourth-order valence-electron chi connectivity index (χ4n) is 2.64. The van der Waals surface area contributed by atoms with Gasteiger partial charge in [0.15, 0.2) is 0 Å². The summed E-state index contributed by atoms with van der Waals surface area (Å²) in [6, 6.07) is 22.7. The average molecular weight is 332 g/mol. The van der Waals surface area contributed by atoms with E-state index in [4.69, 9.17) is 0 Å². The third kappa shape index (κ3) is 4.57. The van der Waals surface area contributed by atoms with E-state index >= 15 is 0 Å². The molecule has 0 aliphatic carbocycles. The number of rotatable bonds is 7. The Labute approximate surface area is 149 Å². The summed E-state index contributed by atoms with van der Waals surface area (Å²) in [6.45, 7) is 5.12. The van der Waals surface area contributed by atoms with Gasteiger partial charge in [-0.2, -0.15) is 4.98 Å². The lowest BCUT2D eigenvalue weighted by atomic mass is 10.1. The Bertz CT molecular complexity index is 788. The van der Waals surface area contributed by atoms with E-state index in [1.54, 1.807) is 0 Å². The number of aromatic nitrogens is 2. The van der Waals surface area contributed by atoms with Crippen molar-refractivity contribution in [3.63, 3.8) is 0 Å². The molecule has 4 heteroatoms. The molecule has 2 aromatic carbocycles. The standard InChI is InChI=1S/C21H24N4/c1-3-14-22-21-24-19(18-12-8-5-9-13-18)15-20(25-21)23-16(2)17-10-6-4-7-11-17/h4-13,15-16H,3,14H2,1-2H3,(H2,22,23,24,25). The Hall–Kier alpha value is -2.88. The summed E-state index contributed by atoms with van der Waals surface area (Å²) in [7, 11) is 0. The molecule has 3 aromatic rings. The maximum Gasteiger partial charge on any atom is 0.225 e. The van der Waals surface area contributed by atoms with Gasteiger partial charge in [-0.25, -0.2) is 4.98 Å². The zero-order valence-electron chi connectivity index (χ0n) is 14.7. The lowest BCUT2D eigenvalue weighted by Crippen LogP contribution is -2.11. The lowest BCUT2D eigenvalue weighted by molar-refractivity contribution is 0.870. The van der Waals surface area contributed by atoms with Gasteiger partial charge in [-0.1, -0.05) is 67.6 Å². The van der Waals surface area contributed by atoms with Crippen molar-refractivity contribution in [1.82, 2.24) is 9.97 Å². The maximum absolute atomic E-state index is 4.66. The fourth-order valence-corrected chi connectivity index (χ4v) is 2.64. The molecule has 1 atom stereocenters. The highest BCUT2D eigenvalue weighted by atomic mass is 15.1. The maximum atomic E-state index is 4.66. The Morgan fingerprint density at radius 1 is 0.920 bits per heavy atom. The topological polar surface area (TPSA) is 49.8 Å². The second kappa shape index (κ2) is 8.29. The highest BCUT2D eigenvalue weighted by molar-refractivity contribution is 5.64. The summed E-state index contributed by atoms with van der Waals surface area (Å²) in [6.07, 6.45) is 1.03. The van der Waals surface area contributed by atoms with Gasteiger partial charge in [0.25, 0.3) is 0 Å². The Morgan fingerprint density at radius 2 is 1.60 bits per heavy atom. The monoisotopic (exact) mass is 332 g/mol. The first kappa shape index (κ1) is 17.0. The summed E-state index contributed by atoms with van der Waals surface area (Å²) in [5, 5.41) is 6.79. The molecule has 0 spiro atoms. The van der Waals surface area contributed by atoms with Crippen molar-refractivity contribution in [2.75, 3.05) is 17.2 Å². The quantitative estimate of drug-likeness (QED) is 0.629. The molecule has 0 radical (unpaired) electrons. The minimum Gasteiger partial charge on any atom is -0.363 e. The number of nitrogens with zero attached hydrogens (tertiary/aromatic N) is 2. The first-order chi connectivity index (χ1) is 12.3. The van der Waals surface area contributed by atoms with E-state index in [1.807, 2.05) is 30.3 Å². The van der Waals surface area contributed by atoms with Crippen LogP contribution in [0, 0.1) is 0 Å². The molecule has 0 aliphatic rings. The van der Waals surface area contributed by atoms with Crippen LogP contribution in [0.25, 0.3) is 11.3 Å². The van der Waals surface area contributed by atoms with Crippen LogP contribution in [0.4, 0.5) is 11.8 Å². The number of hydrogen-bond donors (Lipinski definition) is 2. The van der Waals surface area contributed by atoms with E-state index in [-0.39, 0.29) is 6.04 Å². The van der Waals surface area contributed by atoms with Gasteiger partial charge in [0, 0.05) is 24.2 Å². The third-order valence-corrected chi connectivity index (χ3v) is 3.99. The van der Waals surface area contributed by atoms with Gasteiger partial charge in [0.05, 0.1) is 5.69 Å². The van der Waals surface area contributed by atoms with Gasteiger partial charge < -0.3 is 10.6 Å². The number of nitrogens with one attached hydrogen (secondary N) is 2. The van der Waals surface area contributed by atoms with Crippen molar-refractivity contribution in [3.8, 4) is 11.3 Å². The van der Waals surface area contributed by atoms with Gasteiger partial charge >= 0.3 is 0 Å². The Kier molecular flexibility index (Phi) is 5.62. The molecule has 1 aromatic heterocycles. The smallest absolute Gasteiger partial charge is 0.225 e.